The summed E-state index contributed by atoms with van der Waals surface area (Å²) in [7, 11) is 0. The molecule has 3 heteroatoms. The second-order valence-corrected chi connectivity index (χ2v) is 6.30. The van der Waals surface area contributed by atoms with Crippen LogP contribution in [0.5, 0.6) is 0 Å². The molecule has 2 rings (SSSR count). The molecule has 104 valence electrons. The van der Waals surface area contributed by atoms with Crippen LogP contribution in [0.3, 0.4) is 0 Å². The Labute approximate surface area is 111 Å². The highest BCUT2D eigenvalue weighted by atomic mass is 16.5. The standard InChI is InChI=1S/C15H27NO2/c1-13(2)18-12-14(17)16-10-8-15(9-11-16)6-4-3-5-7-15/h13H,3-12H2,1-2H3. The first-order chi connectivity index (χ1) is 8.61. The summed E-state index contributed by atoms with van der Waals surface area (Å²) in [6, 6.07) is 0. The van der Waals surface area contributed by atoms with Crippen molar-refractivity contribution < 1.29 is 9.53 Å². The zero-order valence-corrected chi connectivity index (χ0v) is 11.9. The molecule has 0 aromatic rings. The topological polar surface area (TPSA) is 29.5 Å². The minimum Gasteiger partial charge on any atom is -0.369 e. The Balaban J connectivity index is 1.77. The fraction of sp³-hybridized carbons (Fsp3) is 0.933. The Morgan fingerprint density at radius 2 is 1.72 bits per heavy atom. The number of amides is 1. The van der Waals surface area contributed by atoms with Crippen molar-refractivity contribution in [3.63, 3.8) is 0 Å². The van der Waals surface area contributed by atoms with Crippen molar-refractivity contribution in [2.45, 2.75) is 64.9 Å². The fourth-order valence-electron chi connectivity index (χ4n) is 3.36. The molecule has 1 aliphatic carbocycles. The second kappa shape index (κ2) is 6.05. The average Bonchev–Trinajstić information content (AvgIpc) is 2.38. The lowest BCUT2D eigenvalue weighted by atomic mass is 9.68. The molecule has 1 aliphatic heterocycles. The van der Waals surface area contributed by atoms with Crippen molar-refractivity contribution in [2.75, 3.05) is 19.7 Å². The van der Waals surface area contributed by atoms with E-state index >= 15 is 0 Å². The lowest BCUT2D eigenvalue weighted by Crippen LogP contribution is -2.45. The highest BCUT2D eigenvalue weighted by Gasteiger charge is 2.36. The number of ether oxygens (including phenoxy) is 1. The maximum Gasteiger partial charge on any atom is 0.248 e. The number of carbonyl (C=O) groups is 1. The molecule has 2 aliphatic rings. The molecule has 0 aromatic heterocycles. The molecule has 0 atom stereocenters. The predicted molar refractivity (Wildman–Crippen MR) is 72.4 cm³/mol. The maximum absolute atomic E-state index is 12.0. The van der Waals surface area contributed by atoms with E-state index < -0.39 is 0 Å². The molecule has 0 unspecified atom stereocenters. The molecule has 1 heterocycles. The molecule has 0 aromatic carbocycles. The molecular weight excluding hydrogens is 226 g/mol. The summed E-state index contributed by atoms with van der Waals surface area (Å²) < 4.78 is 5.40. The van der Waals surface area contributed by atoms with Gasteiger partial charge in [-0.1, -0.05) is 19.3 Å². The summed E-state index contributed by atoms with van der Waals surface area (Å²) in [5, 5.41) is 0. The number of piperidine rings is 1. The van der Waals surface area contributed by atoms with E-state index in [9.17, 15) is 4.79 Å². The number of carbonyl (C=O) groups excluding carboxylic acids is 1. The van der Waals surface area contributed by atoms with Crippen LogP contribution < -0.4 is 0 Å². The van der Waals surface area contributed by atoms with E-state index in [-0.39, 0.29) is 18.6 Å². The second-order valence-electron chi connectivity index (χ2n) is 6.30. The summed E-state index contributed by atoms with van der Waals surface area (Å²) in [5.41, 5.74) is 0.577. The van der Waals surface area contributed by atoms with Gasteiger partial charge in [-0.3, -0.25) is 4.79 Å². The van der Waals surface area contributed by atoms with Gasteiger partial charge in [0.05, 0.1) is 6.10 Å². The summed E-state index contributed by atoms with van der Waals surface area (Å²) in [5.74, 6) is 0.175. The monoisotopic (exact) mass is 253 g/mol. The van der Waals surface area contributed by atoms with Crippen LogP contribution in [-0.2, 0) is 9.53 Å². The number of hydrogen-bond acceptors (Lipinski definition) is 2. The number of rotatable bonds is 3. The van der Waals surface area contributed by atoms with Gasteiger partial charge in [0.1, 0.15) is 6.61 Å². The Morgan fingerprint density at radius 3 is 2.28 bits per heavy atom. The number of hydrogen-bond donors (Lipinski definition) is 0. The van der Waals surface area contributed by atoms with E-state index in [0.29, 0.717) is 5.41 Å². The maximum atomic E-state index is 12.0. The van der Waals surface area contributed by atoms with Crippen molar-refractivity contribution >= 4 is 5.91 Å². The number of nitrogens with zero attached hydrogens (tertiary/aromatic N) is 1. The third kappa shape index (κ3) is 3.47. The average molecular weight is 253 g/mol. The normalized spacial score (nSPS) is 23.6. The van der Waals surface area contributed by atoms with Crippen LogP contribution in [-0.4, -0.2) is 36.6 Å². The summed E-state index contributed by atoms with van der Waals surface area (Å²) >= 11 is 0. The van der Waals surface area contributed by atoms with Gasteiger partial charge in [0.2, 0.25) is 5.91 Å². The van der Waals surface area contributed by atoms with Crippen molar-refractivity contribution in [3.8, 4) is 0 Å². The van der Waals surface area contributed by atoms with E-state index in [1.807, 2.05) is 18.7 Å². The van der Waals surface area contributed by atoms with Crippen molar-refractivity contribution in [1.82, 2.24) is 4.90 Å². The van der Waals surface area contributed by atoms with Gasteiger partial charge in [-0.15, -0.1) is 0 Å². The van der Waals surface area contributed by atoms with Gasteiger partial charge in [-0.25, -0.2) is 0 Å². The molecule has 18 heavy (non-hydrogen) atoms. The SMILES string of the molecule is CC(C)OCC(=O)N1CCC2(CCCCC2)CC1. The van der Waals surface area contributed by atoms with Crippen molar-refractivity contribution in [3.05, 3.63) is 0 Å². The Kier molecular flexibility index (Phi) is 4.66. The molecule has 0 bridgehead atoms. The zero-order chi connectivity index (χ0) is 13.0. The molecule has 1 spiro atoms. The summed E-state index contributed by atoms with van der Waals surface area (Å²) in [6.07, 6.45) is 9.53. The first-order valence-electron chi connectivity index (χ1n) is 7.51. The fourth-order valence-corrected chi connectivity index (χ4v) is 3.36. The van der Waals surface area contributed by atoms with Crippen LogP contribution in [0.1, 0.15) is 58.8 Å². The van der Waals surface area contributed by atoms with Gasteiger partial charge in [-0.2, -0.15) is 0 Å². The Bertz CT molecular complexity index is 272. The number of likely N-dealkylation sites (tertiary alicyclic amines) is 1. The first-order valence-corrected chi connectivity index (χ1v) is 7.51. The highest BCUT2D eigenvalue weighted by Crippen LogP contribution is 2.44. The predicted octanol–water partition coefficient (Wildman–Crippen LogP) is 2.98. The molecule has 0 N–H and O–H groups in total. The smallest absolute Gasteiger partial charge is 0.248 e. The summed E-state index contributed by atoms with van der Waals surface area (Å²) in [4.78, 5) is 14.0. The molecule has 1 saturated heterocycles. The van der Waals surface area contributed by atoms with Gasteiger partial charge >= 0.3 is 0 Å². The van der Waals surface area contributed by atoms with Crippen LogP contribution in [0.2, 0.25) is 0 Å². The van der Waals surface area contributed by atoms with Gasteiger partial charge < -0.3 is 9.64 Å². The van der Waals surface area contributed by atoms with Crippen LogP contribution in [0.4, 0.5) is 0 Å². The van der Waals surface area contributed by atoms with Crippen LogP contribution in [0, 0.1) is 5.41 Å². The third-order valence-electron chi connectivity index (χ3n) is 4.63. The molecule has 0 radical (unpaired) electrons. The molecular formula is C15H27NO2. The Hall–Kier alpha value is -0.570. The third-order valence-corrected chi connectivity index (χ3v) is 4.63. The molecule has 1 saturated carbocycles. The van der Waals surface area contributed by atoms with Crippen molar-refractivity contribution in [2.24, 2.45) is 5.41 Å². The van der Waals surface area contributed by atoms with Crippen LogP contribution in [0.25, 0.3) is 0 Å². The molecule has 1 amide bonds. The molecule has 2 fully saturated rings. The quantitative estimate of drug-likeness (QED) is 0.774. The summed E-state index contributed by atoms with van der Waals surface area (Å²) in [6.45, 7) is 6.09. The van der Waals surface area contributed by atoms with E-state index in [2.05, 4.69) is 0 Å². The van der Waals surface area contributed by atoms with E-state index in [4.69, 9.17) is 4.74 Å². The van der Waals surface area contributed by atoms with Gasteiger partial charge in [-0.05, 0) is 44.9 Å². The Morgan fingerprint density at radius 1 is 1.11 bits per heavy atom. The van der Waals surface area contributed by atoms with Gasteiger partial charge in [0, 0.05) is 13.1 Å². The zero-order valence-electron chi connectivity index (χ0n) is 11.9. The van der Waals surface area contributed by atoms with Crippen LogP contribution >= 0.6 is 0 Å². The van der Waals surface area contributed by atoms with E-state index in [1.165, 1.54) is 44.9 Å². The van der Waals surface area contributed by atoms with E-state index in [1.54, 1.807) is 0 Å². The lowest BCUT2D eigenvalue weighted by molar-refractivity contribution is -0.140. The van der Waals surface area contributed by atoms with E-state index in [0.717, 1.165) is 13.1 Å². The largest absolute Gasteiger partial charge is 0.369 e. The minimum absolute atomic E-state index is 0.142. The minimum atomic E-state index is 0.142. The molecule has 3 nitrogen and oxygen atoms in total. The van der Waals surface area contributed by atoms with Gasteiger partial charge in [0.15, 0.2) is 0 Å². The lowest BCUT2D eigenvalue weighted by Gasteiger charge is -2.44. The van der Waals surface area contributed by atoms with Crippen LogP contribution in [0.15, 0.2) is 0 Å². The van der Waals surface area contributed by atoms with Gasteiger partial charge in [0.25, 0.3) is 0 Å². The first kappa shape index (κ1) is 13.9. The highest BCUT2D eigenvalue weighted by molar-refractivity contribution is 5.77. The van der Waals surface area contributed by atoms with Crippen molar-refractivity contribution in [1.29, 1.82) is 0 Å².